The summed E-state index contributed by atoms with van der Waals surface area (Å²) in [6, 6.07) is 0.0167. The number of rotatable bonds is 3. The normalized spacial score (nSPS) is 13.2. The van der Waals surface area contributed by atoms with Crippen molar-refractivity contribution in [2.24, 2.45) is 5.73 Å². The molecule has 1 aromatic heterocycles. The van der Waals surface area contributed by atoms with Crippen LogP contribution >= 0.6 is 0 Å². The molecule has 0 spiro atoms. The predicted octanol–water partition coefficient (Wildman–Crippen LogP) is 0.783. The maximum Gasteiger partial charge on any atom is 0.254 e. The van der Waals surface area contributed by atoms with E-state index in [-0.39, 0.29) is 17.5 Å². The molecule has 0 radical (unpaired) electrons. The standard InChI is InChI=1S/C10H17N3O/c1-6(2)8-5-12-9(4-7(3)11)13-10(8)14/h5-7H,4,11H2,1-3H3,(H,12,13,14). The van der Waals surface area contributed by atoms with Gasteiger partial charge in [-0.3, -0.25) is 4.79 Å². The van der Waals surface area contributed by atoms with Gasteiger partial charge in [-0.15, -0.1) is 0 Å². The zero-order valence-electron chi connectivity index (χ0n) is 8.87. The molecule has 1 aromatic rings. The fourth-order valence-electron chi connectivity index (χ4n) is 1.26. The molecule has 0 fully saturated rings. The fraction of sp³-hybridized carbons (Fsp3) is 0.600. The highest BCUT2D eigenvalue weighted by Crippen LogP contribution is 2.06. The summed E-state index contributed by atoms with van der Waals surface area (Å²) in [6.07, 6.45) is 2.24. The van der Waals surface area contributed by atoms with Crippen molar-refractivity contribution in [3.63, 3.8) is 0 Å². The van der Waals surface area contributed by atoms with Crippen LogP contribution < -0.4 is 11.3 Å². The second-order valence-electron chi connectivity index (χ2n) is 3.95. The number of hydrogen-bond acceptors (Lipinski definition) is 3. The Labute approximate surface area is 83.6 Å². The van der Waals surface area contributed by atoms with E-state index in [0.29, 0.717) is 12.2 Å². The summed E-state index contributed by atoms with van der Waals surface area (Å²) in [5, 5.41) is 0. The first-order valence-electron chi connectivity index (χ1n) is 4.84. The van der Waals surface area contributed by atoms with Crippen molar-refractivity contribution < 1.29 is 0 Å². The number of nitrogens with one attached hydrogen (secondary N) is 1. The molecule has 0 saturated carbocycles. The molecule has 1 atom stereocenters. The van der Waals surface area contributed by atoms with Crippen molar-refractivity contribution in [3.05, 3.63) is 27.9 Å². The van der Waals surface area contributed by atoms with Gasteiger partial charge < -0.3 is 10.7 Å². The van der Waals surface area contributed by atoms with Gasteiger partial charge in [-0.1, -0.05) is 13.8 Å². The Morgan fingerprint density at radius 3 is 2.57 bits per heavy atom. The molecule has 4 nitrogen and oxygen atoms in total. The highest BCUT2D eigenvalue weighted by atomic mass is 16.1. The fourth-order valence-corrected chi connectivity index (χ4v) is 1.26. The number of aromatic nitrogens is 2. The number of nitrogens with two attached hydrogens (primary N) is 1. The van der Waals surface area contributed by atoms with Crippen molar-refractivity contribution >= 4 is 0 Å². The largest absolute Gasteiger partial charge is 0.328 e. The Kier molecular flexibility index (Phi) is 3.41. The van der Waals surface area contributed by atoms with Crippen molar-refractivity contribution in [2.45, 2.75) is 39.2 Å². The topological polar surface area (TPSA) is 71.8 Å². The third kappa shape index (κ3) is 2.67. The van der Waals surface area contributed by atoms with Crippen molar-refractivity contribution in [1.29, 1.82) is 0 Å². The molecule has 14 heavy (non-hydrogen) atoms. The molecule has 1 unspecified atom stereocenters. The summed E-state index contributed by atoms with van der Waals surface area (Å²) in [7, 11) is 0. The molecular weight excluding hydrogens is 178 g/mol. The van der Waals surface area contributed by atoms with E-state index in [0.717, 1.165) is 5.56 Å². The molecular formula is C10H17N3O. The zero-order chi connectivity index (χ0) is 10.7. The van der Waals surface area contributed by atoms with E-state index < -0.39 is 0 Å². The average molecular weight is 195 g/mol. The van der Waals surface area contributed by atoms with E-state index in [1.807, 2.05) is 20.8 Å². The number of aromatic amines is 1. The van der Waals surface area contributed by atoms with E-state index in [9.17, 15) is 4.79 Å². The molecule has 1 heterocycles. The van der Waals surface area contributed by atoms with Gasteiger partial charge in [0, 0.05) is 24.2 Å². The molecule has 3 N–H and O–H groups in total. The van der Waals surface area contributed by atoms with E-state index in [4.69, 9.17) is 5.73 Å². The lowest BCUT2D eigenvalue weighted by Gasteiger charge is -2.06. The monoisotopic (exact) mass is 195 g/mol. The highest BCUT2D eigenvalue weighted by molar-refractivity contribution is 5.10. The number of nitrogens with zero attached hydrogens (tertiary/aromatic N) is 1. The van der Waals surface area contributed by atoms with Gasteiger partial charge in [-0.2, -0.15) is 0 Å². The minimum absolute atomic E-state index is 0.0167. The molecule has 1 rings (SSSR count). The van der Waals surface area contributed by atoms with Crippen LogP contribution in [0.25, 0.3) is 0 Å². The molecule has 0 aliphatic rings. The summed E-state index contributed by atoms with van der Waals surface area (Å²) in [5.74, 6) is 0.866. The highest BCUT2D eigenvalue weighted by Gasteiger charge is 2.07. The lowest BCUT2D eigenvalue weighted by molar-refractivity contribution is 0.691. The number of hydrogen-bond donors (Lipinski definition) is 2. The minimum Gasteiger partial charge on any atom is -0.328 e. The SMILES string of the molecule is CC(N)Cc1ncc(C(C)C)c(=O)[nH]1. The third-order valence-electron chi connectivity index (χ3n) is 2.02. The van der Waals surface area contributed by atoms with Crippen molar-refractivity contribution in [3.8, 4) is 0 Å². The molecule has 0 saturated heterocycles. The second kappa shape index (κ2) is 4.37. The summed E-state index contributed by atoms with van der Waals surface area (Å²) in [4.78, 5) is 18.4. The van der Waals surface area contributed by atoms with Gasteiger partial charge in [0.1, 0.15) is 5.82 Å². The van der Waals surface area contributed by atoms with Crippen molar-refractivity contribution in [2.75, 3.05) is 0 Å². The van der Waals surface area contributed by atoms with E-state index in [1.54, 1.807) is 6.20 Å². The van der Waals surface area contributed by atoms with Gasteiger partial charge in [0.25, 0.3) is 5.56 Å². The summed E-state index contributed by atoms with van der Waals surface area (Å²) < 4.78 is 0. The summed E-state index contributed by atoms with van der Waals surface area (Å²) in [5.41, 5.74) is 6.28. The Bertz CT molecular complexity index is 355. The summed E-state index contributed by atoms with van der Waals surface area (Å²) >= 11 is 0. The van der Waals surface area contributed by atoms with Crippen LogP contribution in [0.3, 0.4) is 0 Å². The van der Waals surface area contributed by atoms with Crippen LogP contribution in [0.4, 0.5) is 0 Å². The number of H-pyrrole nitrogens is 1. The van der Waals surface area contributed by atoms with Gasteiger partial charge in [0.15, 0.2) is 0 Å². The lowest BCUT2D eigenvalue weighted by atomic mass is 10.1. The van der Waals surface area contributed by atoms with Crippen LogP contribution in [0.15, 0.2) is 11.0 Å². The quantitative estimate of drug-likeness (QED) is 0.748. The van der Waals surface area contributed by atoms with Crippen LogP contribution in [0.1, 0.15) is 38.1 Å². The molecule has 0 amide bonds. The Balaban J connectivity index is 2.95. The van der Waals surface area contributed by atoms with E-state index in [1.165, 1.54) is 0 Å². The molecule has 4 heteroatoms. The van der Waals surface area contributed by atoms with Crippen LogP contribution in [-0.4, -0.2) is 16.0 Å². The van der Waals surface area contributed by atoms with Crippen LogP contribution in [0.5, 0.6) is 0 Å². The van der Waals surface area contributed by atoms with Gasteiger partial charge in [0.05, 0.1) is 0 Å². The molecule has 0 aliphatic heterocycles. The molecule has 0 aliphatic carbocycles. The third-order valence-corrected chi connectivity index (χ3v) is 2.02. The Hall–Kier alpha value is -1.16. The van der Waals surface area contributed by atoms with Gasteiger partial charge in [-0.05, 0) is 12.8 Å². The minimum atomic E-state index is -0.0503. The first-order valence-corrected chi connectivity index (χ1v) is 4.84. The van der Waals surface area contributed by atoms with Gasteiger partial charge in [0.2, 0.25) is 0 Å². The zero-order valence-corrected chi connectivity index (χ0v) is 8.87. The van der Waals surface area contributed by atoms with Crippen LogP contribution in [-0.2, 0) is 6.42 Å². The van der Waals surface area contributed by atoms with Crippen LogP contribution in [0, 0.1) is 0 Å². The second-order valence-corrected chi connectivity index (χ2v) is 3.95. The first-order chi connectivity index (χ1) is 6.50. The van der Waals surface area contributed by atoms with E-state index >= 15 is 0 Å². The summed E-state index contributed by atoms with van der Waals surface area (Å²) in [6.45, 7) is 5.82. The lowest BCUT2D eigenvalue weighted by Crippen LogP contribution is -2.23. The van der Waals surface area contributed by atoms with Crippen molar-refractivity contribution in [1.82, 2.24) is 9.97 Å². The predicted molar refractivity (Wildman–Crippen MR) is 56.3 cm³/mol. The van der Waals surface area contributed by atoms with E-state index in [2.05, 4.69) is 9.97 Å². The van der Waals surface area contributed by atoms with Crippen LogP contribution in [0.2, 0.25) is 0 Å². The maximum atomic E-state index is 11.5. The van der Waals surface area contributed by atoms with Gasteiger partial charge >= 0.3 is 0 Å². The molecule has 0 aromatic carbocycles. The molecule has 0 bridgehead atoms. The van der Waals surface area contributed by atoms with Gasteiger partial charge in [-0.25, -0.2) is 4.98 Å². The Morgan fingerprint density at radius 2 is 2.14 bits per heavy atom. The smallest absolute Gasteiger partial charge is 0.254 e. The Morgan fingerprint density at radius 1 is 1.50 bits per heavy atom. The molecule has 78 valence electrons. The average Bonchev–Trinajstić information content (AvgIpc) is 2.01. The maximum absolute atomic E-state index is 11.5. The first kappa shape index (κ1) is 10.9.